The van der Waals surface area contributed by atoms with Crippen LogP contribution in [0, 0.1) is 0 Å². The molecule has 0 radical (unpaired) electrons. The predicted octanol–water partition coefficient (Wildman–Crippen LogP) is 2.49. The van der Waals surface area contributed by atoms with E-state index in [4.69, 9.17) is 4.74 Å². The minimum atomic E-state index is -1.15. The fourth-order valence-corrected chi connectivity index (χ4v) is 5.54. The van der Waals surface area contributed by atoms with Crippen molar-refractivity contribution in [2.24, 2.45) is 0 Å². The molecule has 6 aromatic rings. The van der Waals surface area contributed by atoms with Gasteiger partial charge in [0.25, 0.3) is 5.91 Å². The number of aliphatic hydroxyl groups excluding tert-OH is 2. The van der Waals surface area contributed by atoms with Crippen LogP contribution in [-0.4, -0.2) is 77.0 Å². The lowest BCUT2D eigenvalue weighted by Crippen LogP contribution is -2.46. The van der Waals surface area contributed by atoms with Gasteiger partial charge in [-0.05, 0) is 42.3 Å². The maximum absolute atomic E-state index is 13.2. The minimum absolute atomic E-state index is 0.372. The van der Waals surface area contributed by atoms with E-state index in [1.807, 2.05) is 36.5 Å². The first-order valence-corrected chi connectivity index (χ1v) is 13.4. The average Bonchev–Trinajstić information content (AvgIpc) is 3.79. The molecule has 0 unspecified atom stereocenters. The van der Waals surface area contributed by atoms with Crippen molar-refractivity contribution < 1.29 is 19.7 Å². The normalized spacial score (nSPS) is 20.7. The van der Waals surface area contributed by atoms with Crippen molar-refractivity contribution in [3.8, 4) is 0 Å². The molecule has 1 aliphatic heterocycles. The number of rotatable bonds is 8. The largest absolute Gasteiger partial charge is 0.394 e. The van der Waals surface area contributed by atoms with Crippen LogP contribution in [0.15, 0.2) is 73.6 Å². The number of carbonyl (C=O) groups excluding carboxylic acids is 1. The van der Waals surface area contributed by atoms with Crippen molar-refractivity contribution in [2.45, 2.75) is 30.9 Å². The van der Waals surface area contributed by atoms with Crippen molar-refractivity contribution in [3.05, 3.63) is 84.7 Å². The number of imidazole rings is 1. The zero-order chi connectivity index (χ0) is 27.9. The van der Waals surface area contributed by atoms with Crippen molar-refractivity contribution >= 4 is 44.7 Å². The van der Waals surface area contributed by atoms with Gasteiger partial charge in [-0.2, -0.15) is 0 Å². The van der Waals surface area contributed by atoms with Crippen molar-refractivity contribution in [1.82, 2.24) is 34.8 Å². The maximum atomic E-state index is 13.2. The summed E-state index contributed by atoms with van der Waals surface area (Å²) < 4.78 is 7.67. The van der Waals surface area contributed by atoms with Crippen LogP contribution in [-0.2, 0) is 11.2 Å². The Hall–Kier alpha value is -4.78. The molecule has 0 aliphatic carbocycles. The summed E-state index contributed by atoms with van der Waals surface area (Å²) in [5.74, 6) is 0.189. The molecule has 12 nitrogen and oxygen atoms in total. The molecule has 1 aliphatic rings. The summed E-state index contributed by atoms with van der Waals surface area (Å²) in [4.78, 5) is 33.0. The number of fused-ring (bicyclic) bond motifs is 3. The van der Waals surface area contributed by atoms with Crippen LogP contribution < -0.4 is 10.6 Å². The SMILES string of the molecule is O=C(N[C@@H]1[C@H](O)[C@@H](CO)O[C@H]1n1cnc2c(NCCc3c[nH]c4ccccc34)ncnc21)c1ccc2[nH]ccc2c1. The molecule has 0 saturated carbocycles. The van der Waals surface area contributed by atoms with Gasteiger partial charge in [0, 0.05) is 46.3 Å². The Morgan fingerprint density at radius 1 is 1.07 bits per heavy atom. The zero-order valence-corrected chi connectivity index (χ0v) is 21.9. The average molecular weight is 553 g/mol. The number of aromatic amines is 2. The molecule has 5 heterocycles. The lowest BCUT2D eigenvalue weighted by molar-refractivity contribution is -0.0440. The number of nitrogens with zero attached hydrogens (tertiary/aromatic N) is 4. The highest BCUT2D eigenvalue weighted by molar-refractivity contribution is 5.98. The number of benzene rings is 2. The first-order valence-electron chi connectivity index (χ1n) is 13.4. The van der Waals surface area contributed by atoms with Gasteiger partial charge in [-0.15, -0.1) is 0 Å². The number of ether oxygens (including phenoxy) is 1. The summed E-state index contributed by atoms with van der Waals surface area (Å²) in [6, 6.07) is 14.5. The van der Waals surface area contributed by atoms with Crippen LogP contribution in [0.2, 0.25) is 0 Å². The molecule has 6 N–H and O–H groups in total. The second-order valence-electron chi connectivity index (χ2n) is 10.1. The molecule has 1 saturated heterocycles. The highest BCUT2D eigenvalue weighted by atomic mass is 16.5. The lowest BCUT2D eigenvalue weighted by atomic mass is 10.1. The molecule has 1 fully saturated rings. The lowest BCUT2D eigenvalue weighted by Gasteiger charge is -2.23. The van der Waals surface area contributed by atoms with E-state index >= 15 is 0 Å². The van der Waals surface area contributed by atoms with Crippen LogP contribution >= 0.6 is 0 Å². The number of amides is 1. The van der Waals surface area contributed by atoms with E-state index in [-0.39, 0.29) is 5.91 Å². The van der Waals surface area contributed by atoms with Gasteiger partial charge < -0.3 is 35.6 Å². The number of hydrogen-bond acceptors (Lipinski definition) is 8. The number of hydrogen-bond donors (Lipinski definition) is 6. The molecule has 4 aromatic heterocycles. The Morgan fingerprint density at radius 2 is 1.98 bits per heavy atom. The predicted molar refractivity (Wildman–Crippen MR) is 152 cm³/mol. The van der Waals surface area contributed by atoms with Gasteiger partial charge in [-0.25, -0.2) is 15.0 Å². The topological polar surface area (TPSA) is 166 Å². The number of H-pyrrole nitrogens is 2. The molecule has 7 rings (SSSR count). The Balaban J connectivity index is 1.12. The van der Waals surface area contributed by atoms with Gasteiger partial charge in [-0.1, -0.05) is 18.2 Å². The van der Waals surface area contributed by atoms with Crippen LogP contribution in [0.25, 0.3) is 33.0 Å². The molecule has 1 amide bonds. The molecule has 4 atom stereocenters. The smallest absolute Gasteiger partial charge is 0.251 e. The Kier molecular flexibility index (Phi) is 6.34. The van der Waals surface area contributed by atoms with E-state index < -0.39 is 31.1 Å². The quantitative estimate of drug-likeness (QED) is 0.168. The van der Waals surface area contributed by atoms with Gasteiger partial charge in [0.05, 0.1) is 12.9 Å². The Morgan fingerprint density at radius 3 is 2.88 bits per heavy atom. The third kappa shape index (κ3) is 4.47. The monoisotopic (exact) mass is 552 g/mol. The van der Waals surface area contributed by atoms with Gasteiger partial charge in [0.15, 0.2) is 23.2 Å². The van der Waals surface area contributed by atoms with Crippen LogP contribution in [0.5, 0.6) is 0 Å². The van der Waals surface area contributed by atoms with Crippen molar-refractivity contribution in [3.63, 3.8) is 0 Å². The van der Waals surface area contributed by atoms with E-state index in [9.17, 15) is 15.0 Å². The second-order valence-corrected chi connectivity index (χ2v) is 10.1. The highest BCUT2D eigenvalue weighted by Crippen LogP contribution is 2.33. The fraction of sp³-hybridized carbons (Fsp3) is 0.241. The molecule has 0 bridgehead atoms. The molecule has 208 valence electrons. The van der Waals surface area contributed by atoms with E-state index in [0.29, 0.717) is 29.1 Å². The summed E-state index contributed by atoms with van der Waals surface area (Å²) >= 11 is 0. The minimum Gasteiger partial charge on any atom is -0.394 e. The summed E-state index contributed by atoms with van der Waals surface area (Å²) in [7, 11) is 0. The number of para-hydroxylation sites is 1. The molecular formula is C29H28N8O4. The van der Waals surface area contributed by atoms with E-state index in [0.717, 1.165) is 22.8 Å². The van der Waals surface area contributed by atoms with Crippen molar-refractivity contribution in [2.75, 3.05) is 18.5 Å². The first kappa shape index (κ1) is 25.2. The Labute approximate surface area is 233 Å². The first-order chi connectivity index (χ1) is 20.1. The van der Waals surface area contributed by atoms with Gasteiger partial charge in [0.2, 0.25) is 0 Å². The number of nitrogens with one attached hydrogen (secondary N) is 4. The van der Waals surface area contributed by atoms with Gasteiger partial charge >= 0.3 is 0 Å². The summed E-state index contributed by atoms with van der Waals surface area (Å²) in [6.45, 7) is 0.206. The third-order valence-electron chi connectivity index (χ3n) is 7.66. The molecule has 0 spiro atoms. The van der Waals surface area contributed by atoms with Gasteiger partial charge in [-0.3, -0.25) is 9.36 Å². The number of aliphatic hydroxyl groups is 2. The molecule has 2 aromatic carbocycles. The number of carbonyl (C=O) groups is 1. The maximum Gasteiger partial charge on any atom is 0.251 e. The molecule has 12 heteroatoms. The fourth-order valence-electron chi connectivity index (χ4n) is 5.54. The number of anilines is 1. The van der Waals surface area contributed by atoms with E-state index in [1.54, 1.807) is 29.2 Å². The summed E-state index contributed by atoms with van der Waals surface area (Å²) in [6.07, 6.45) is 4.66. The van der Waals surface area contributed by atoms with Crippen molar-refractivity contribution in [1.29, 1.82) is 0 Å². The Bertz CT molecular complexity index is 1860. The zero-order valence-electron chi connectivity index (χ0n) is 21.9. The van der Waals surface area contributed by atoms with Gasteiger partial charge in [0.1, 0.15) is 24.6 Å². The highest BCUT2D eigenvalue weighted by Gasteiger charge is 2.46. The van der Waals surface area contributed by atoms with E-state index in [2.05, 4.69) is 41.6 Å². The molecular weight excluding hydrogens is 524 g/mol. The van der Waals surface area contributed by atoms with Crippen LogP contribution in [0.1, 0.15) is 22.1 Å². The third-order valence-corrected chi connectivity index (χ3v) is 7.66. The summed E-state index contributed by atoms with van der Waals surface area (Å²) in [5, 5.41) is 29.2. The van der Waals surface area contributed by atoms with Crippen LogP contribution in [0.3, 0.4) is 0 Å². The molecule has 41 heavy (non-hydrogen) atoms. The number of aromatic nitrogens is 6. The standard InChI is InChI=1S/C29H28N8O4/c38-13-22-25(39)23(36-28(40)17-5-6-20-16(11-17)7-9-30-20)29(41-22)37-15-35-24-26(33-14-34-27(24)37)31-10-8-18-12-32-21-4-2-1-3-19(18)21/h1-7,9,11-12,14-15,22-23,25,29-30,32,38-39H,8,10,13H2,(H,36,40)(H,31,33,34)/t22-,23-,25-,29-/m1/s1. The van der Waals surface area contributed by atoms with Crippen LogP contribution in [0.4, 0.5) is 5.82 Å². The second kappa shape index (κ2) is 10.3. The van der Waals surface area contributed by atoms with E-state index in [1.165, 1.54) is 17.3 Å². The summed E-state index contributed by atoms with van der Waals surface area (Å²) in [5.41, 5.74) is 4.64.